The zero-order chi connectivity index (χ0) is 17.8. The second kappa shape index (κ2) is 7.91. The topological polar surface area (TPSA) is 74.0 Å². The van der Waals surface area contributed by atoms with Crippen molar-refractivity contribution in [3.63, 3.8) is 0 Å². The number of carbonyl (C=O) groups is 1. The average Bonchev–Trinajstić information content (AvgIpc) is 2.92. The van der Waals surface area contributed by atoms with Gasteiger partial charge in [-0.15, -0.1) is 5.10 Å². The number of amidine groups is 1. The Morgan fingerprint density at radius 2 is 2.04 bits per heavy atom. The predicted octanol–water partition coefficient (Wildman–Crippen LogP) is 3.86. The number of benzene rings is 2. The maximum atomic E-state index is 12.1. The number of rotatable bonds is 4. The van der Waals surface area contributed by atoms with Gasteiger partial charge >= 0.3 is 0 Å². The van der Waals surface area contributed by atoms with E-state index in [-0.39, 0.29) is 16.9 Å². The third-order valence-electron chi connectivity index (χ3n) is 3.48. The van der Waals surface area contributed by atoms with Crippen LogP contribution in [0.3, 0.4) is 0 Å². The maximum Gasteiger partial charge on any atom is 0.239 e. The summed E-state index contributed by atoms with van der Waals surface area (Å²) >= 11 is 13.3. The molecule has 3 rings (SSSR count). The minimum absolute atomic E-state index is 0.116. The van der Waals surface area contributed by atoms with Gasteiger partial charge in [-0.05, 0) is 36.2 Å². The Kier molecular flexibility index (Phi) is 5.63. The third kappa shape index (κ3) is 4.54. The fraction of sp³-hybridized carbons (Fsp3) is 0.118. The summed E-state index contributed by atoms with van der Waals surface area (Å²) < 4.78 is 0. The fourth-order valence-electron chi connectivity index (χ4n) is 2.21. The number of amides is 1. The molecule has 0 radical (unpaired) electrons. The van der Waals surface area contributed by atoms with Gasteiger partial charge in [-0.25, -0.2) is 0 Å². The van der Waals surface area contributed by atoms with E-state index in [0.29, 0.717) is 27.2 Å². The van der Waals surface area contributed by atoms with Crippen LogP contribution in [0, 0.1) is 0 Å². The molecule has 1 atom stereocenters. The van der Waals surface area contributed by atoms with E-state index < -0.39 is 0 Å². The Bertz CT molecular complexity index is 871. The molecule has 0 aromatic heterocycles. The molecule has 1 aliphatic rings. The van der Waals surface area contributed by atoms with E-state index in [9.17, 15) is 9.90 Å². The molecule has 0 saturated carbocycles. The van der Waals surface area contributed by atoms with E-state index in [1.54, 1.807) is 36.4 Å². The van der Waals surface area contributed by atoms with Gasteiger partial charge in [0.15, 0.2) is 5.17 Å². The van der Waals surface area contributed by atoms with Crippen molar-refractivity contribution in [2.24, 2.45) is 10.2 Å². The second-order valence-electron chi connectivity index (χ2n) is 5.24. The molecular weight excluding hydrogens is 381 g/mol. The third-order valence-corrected chi connectivity index (χ3v) is 5.14. The fourth-order valence-corrected chi connectivity index (χ4v) is 3.65. The lowest BCUT2D eigenvalue weighted by Crippen LogP contribution is -2.26. The van der Waals surface area contributed by atoms with Crippen molar-refractivity contribution in [3.8, 4) is 5.75 Å². The summed E-state index contributed by atoms with van der Waals surface area (Å²) in [6, 6.07) is 12.0. The van der Waals surface area contributed by atoms with Gasteiger partial charge in [-0.2, -0.15) is 5.10 Å². The van der Waals surface area contributed by atoms with Crippen LogP contribution in [0.25, 0.3) is 0 Å². The largest absolute Gasteiger partial charge is 0.507 e. The zero-order valence-electron chi connectivity index (χ0n) is 12.8. The van der Waals surface area contributed by atoms with E-state index in [0.717, 1.165) is 5.56 Å². The van der Waals surface area contributed by atoms with Crippen LogP contribution < -0.4 is 5.32 Å². The number of thioether (sulfide) groups is 1. The normalized spacial score (nSPS) is 18.9. The smallest absolute Gasteiger partial charge is 0.239 e. The van der Waals surface area contributed by atoms with Gasteiger partial charge in [-0.1, -0.05) is 53.2 Å². The van der Waals surface area contributed by atoms with Crippen LogP contribution in [0.2, 0.25) is 10.0 Å². The Labute approximate surface area is 158 Å². The monoisotopic (exact) mass is 393 g/mol. The molecule has 25 heavy (non-hydrogen) atoms. The molecule has 2 N–H and O–H groups in total. The predicted molar refractivity (Wildman–Crippen MR) is 103 cm³/mol. The van der Waals surface area contributed by atoms with Crippen molar-refractivity contribution in [1.29, 1.82) is 0 Å². The summed E-state index contributed by atoms with van der Waals surface area (Å²) in [5, 5.41) is 21.4. The van der Waals surface area contributed by atoms with E-state index in [4.69, 9.17) is 23.2 Å². The first-order valence-electron chi connectivity index (χ1n) is 7.33. The number of carbonyl (C=O) groups excluding carboxylic acids is 1. The van der Waals surface area contributed by atoms with Gasteiger partial charge in [0, 0.05) is 15.6 Å². The molecule has 2 aromatic carbocycles. The molecule has 128 valence electrons. The quantitative estimate of drug-likeness (QED) is 0.611. The number of phenolic OH excluding ortho intramolecular Hbond substituents is 1. The summed E-state index contributed by atoms with van der Waals surface area (Å²) in [5.74, 6) is -0.0302. The summed E-state index contributed by atoms with van der Waals surface area (Å²) in [7, 11) is 0. The maximum absolute atomic E-state index is 12.1. The van der Waals surface area contributed by atoms with Crippen molar-refractivity contribution in [2.75, 3.05) is 0 Å². The lowest BCUT2D eigenvalue weighted by molar-refractivity contribution is -0.118. The highest BCUT2D eigenvalue weighted by molar-refractivity contribution is 8.15. The molecule has 5 nitrogen and oxygen atoms in total. The lowest BCUT2D eigenvalue weighted by Gasteiger charge is -2.07. The van der Waals surface area contributed by atoms with Crippen LogP contribution in [-0.2, 0) is 11.2 Å². The molecule has 1 aliphatic heterocycles. The molecule has 0 spiro atoms. The molecule has 8 heteroatoms. The Morgan fingerprint density at radius 3 is 2.80 bits per heavy atom. The zero-order valence-corrected chi connectivity index (χ0v) is 15.1. The van der Waals surface area contributed by atoms with Gasteiger partial charge in [0.05, 0.1) is 11.5 Å². The summed E-state index contributed by atoms with van der Waals surface area (Å²) in [6.07, 6.45) is 1.90. The SMILES string of the molecule is O=C1N/C(=N\N=C\c2ccccc2O)S[C@H]1Cc1ccc(Cl)cc1Cl. The number of para-hydroxylation sites is 1. The highest BCUT2D eigenvalue weighted by Gasteiger charge is 2.30. The summed E-state index contributed by atoms with van der Waals surface area (Å²) in [5.41, 5.74) is 1.39. The number of nitrogens with one attached hydrogen (secondary N) is 1. The van der Waals surface area contributed by atoms with Crippen LogP contribution in [0.4, 0.5) is 0 Å². The van der Waals surface area contributed by atoms with Gasteiger partial charge in [0.2, 0.25) is 5.91 Å². The first kappa shape index (κ1) is 17.8. The van der Waals surface area contributed by atoms with Gasteiger partial charge < -0.3 is 10.4 Å². The van der Waals surface area contributed by atoms with Crippen molar-refractivity contribution >= 4 is 52.3 Å². The summed E-state index contributed by atoms with van der Waals surface area (Å²) in [6.45, 7) is 0. The Hall–Kier alpha value is -2.02. The number of phenols is 1. The van der Waals surface area contributed by atoms with E-state index >= 15 is 0 Å². The Morgan fingerprint density at radius 1 is 1.24 bits per heavy atom. The molecule has 1 fully saturated rings. The number of aromatic hydroxyl groups is 1. The number of hydrogen-bond acceptors (Lipinski definition) is 5. The highest BCUT2D eigenvalue weighted by atomic mass is 35.5. The molecular formula is C17H13Cl2N3O2S. The second-order valence-corrected chi connectivity index (χ2v) is 7.28. The highest BCUT2D eigenvalue weighted by Crippen LogP contribution is 2.28. The van der Waals surface area contributed by atoms with Gasteiger partial charge in [0.25, 0.3) is 0 Å². The van der Waals surface area contributed by atoms with Crippen LogP contribution in [-0.4, -0.2) is 27.6 Å². The molecule has 0 unspecified atom stereocenters. The van der Waals surface area contributed by atoms with Crippen molar-refractivity contribution < 1.29 is 9.90 Å². The van der Waals surface area contributed by atoms with Gasteiger partial charge in [0.1, 0.15) is 5.75 Å². The van der Waals surface area contributed by atoms with E-state index in [1.165, 1.54) is 18.0 Å². The molecule has 0 aliphatic carbocycles. The first-order chi connectivity index (χ1) is 12.0. The number of nitrogens with zero attached hydrogens (tertiary/aromatic N) is 2. The van der Waals surface area contributed by atoms with Crippen molar-refractivity contribution in [3.05, 3.63) is 63.6 Å². The molecule has 0 bridgehead atoms. The standard InChI is InChI=1S/C17H13Cl2N3O2S/c18-12-6-5-10(13(19)8-12)7-15-16(24)21-17(25-15)22-20-9-11-3-1-2-4-14(11)23/h1-6,8-9,15,23H,7H2,(H,21,22,24)/b20-9+/t15-/m0/s1. The van der Waals surface area contributed by atoms with Crippen LogP contribution >= 0.6 is 35.0 Å². The van der Waals surface area contributed by atoms with Crippen molar-refractivity contribution in [2.45, 2.75) is 11.7 Å². The number of halogens is 2. The average molecular weight is 394 g/mol. The summed E-state index contributed by atoms with van der Waals surface area (Å²) in [4.78, 5) is 12.1. The van der Waals surface area contributed by atoms with E-state index in [1.807, 2.05) is 6.07 Å². The molecule has 1 amide bonds. The van der Waals surface area contributed by atoms with Gasteiger partial charge in [-0.3, -0.25) is 4.79 Å². The van der Waals surface area contributed by atoms with Crippen LogP contribution in [0.1, 0.15) is 11.1 Å². The molecule has 1 saturated heterocycles. The van der Waals surface area contributed by atoms with E-state index in [2.05, 4.69) is 15.5 Å². The minimum atomic E-state index is -0.335. The Balaban J connectivity index is 1.66. The van der Waals surface area contributed by atoms with Crippen LogP contribution in [0.5, 0.6) is 5.75 Å². The first-order valence-corrected chi connectivity index (χ1v) is 8.97. The number of hydrogen-bond donors (Lipinski definition) is 2. The molecule has 1 heterocycles. The van der Waals surface area contributed by atoms with Crippen molar-refractivity contribution in [1.82, 2.24) is 5.32 Å². The van der Waals surface area contributed by atoms with Crippen LogP contribution in [0.15, 0.2) is 52.7 Å². The molecule has 2 aromatic rings. The minimum Gasteiger partial charge on any atom is -0.507 e. The lowest BCUT2D eigenvalue weighted by atomic mass is 10.1.